The molecule has 0 amide bonds. The number of rotatable bonds is 7. The molecule has 0 spiro atoms. The van der Waals surface area contributed by atoms with E-state index in [4.69, 9.17) is 9.26 Å². The first-order valence-corrected chi connectivity index (χ1v) is 8.49. The summed E-state index contributed by atoms with van der Waals surface area (Å²) in [7, 11) is 1.63. The van der Waals surface area contributed by atoms with Crippen LogP contribution in [0.2, 0.25) is 0 Å². The van der Waals surface area contributed by atoms with Gasteiger partial charge in [-0.05, 0) is 30.2 Å². The van der Waals surface area contributed by atoms with Gasteiger partial charge in [-0.2, -0.15) is 13.2 Å². The second kappa shape index (κ2) is 9.29. The van der Waals surface area contributed by atoms with E-state index in [0.29, 0.717) is 36.5 Å². The van der Waals surface area contributed by atoms with Crippen molar-refractivity contribution in [1.29, 1.82) is 0 Å². The average molecular weight is 384 g/mol. The fourth-order valence-corrected chi connectivity index (χ4v) is 2.15. The van der Waals surface area contributed by atoms with Crippen LogP contribution in [0.5, 0.6) is 5.75 Å². The third kappa shape index (κ3) is 6.50. The van der Waals surface area contributed by atoms with E-state index in [1.165, 1.54) is 12.1 Å². The van der Waals surface area contributed by atoms with E-state index in [-0.39, 0.29) is 6.61 Å². The number of aromatic nitrogens is 1. The van der Waals surface area contributed by atoms with Gasteiger partial charge in [0.25, 0.3) is 0 Å². The SMILES string of the molecule is CN=C(NCCOc1ccc(C(F)(F)F)cc1)NCc1cc(C(C)C)no1. The molecule has 148 valence electrons. The molecule has 0 aliphatic rings. The Morgan fingerprint density at radius 1 is 1.22 bits per heavy atom. The van der Waals surface area contributed by atoms with Gasteiger partial charge in [-0.25, -0.2) is 0 Å². The Kier molecular flexibility index (Phi) is 7.09. The van der Waals surface area contributed by atoms with E-state index in [2.05, 4.69) is 20.8 Å². The summed E-state index contributed by atoms with van der Waals surface area (Å²) in [6.07, 6.45) is -4.35. The predicted octanol–water partition coefficient (Wildman–Crippen LogP) is 3.56. The van der Waals surface area contributed by atoms with Crippen molar-refractivity contribution in [2.24, 2.45) is 4.99 Å². The first-order chi connectivity index (χ1) is 12.8. The lowest BCUT2D eigenvalue weighted by Crippen LogP contribution is -2.38. The van der Waals surface area contributed by atoms with Gasteiger partial charge in [-0.1, -0.05) is 19.0 Å². The Balaban J connectivity index is 1.71. The molecule has 0 saturated heterocycles. The standard InChI is InChI=1S/C18H23F3N4O2/c1-12(2)16-10-15(27-25-16)11-24-17(22-3)23-8-9-26-14-6-4-13(5-7-14)18(19,20)21/h4-7,10,12H,8-9,11H2,1-3H3,(H2,22,23,24). The van der Waals surface area contributed by atoms with Crippen molar-refractivity contribution in [3.63, 3.8) is 0 Å². The van der Waals surface area contributed by atoms with Gasteiger partial charge in [0, 0.05) is 13.1 Å². The molecule has 9 heteroatoms. The average Bonchev–Trinajstić information content (AvgIpc) is 3.10. The zero-order valence-electron chi connectivity index (χ0n) is 15.4. The highest BCUT2D eigenvalue weighted by Gasteiger charge is 2.29. The number of hydrogen-bond donors (Lipinski definition) is 2. The molecule has 0 aliphatic heterocycles. The molecule has 2 aromatic rings. The van der Waals surface area contributed by atoms with Crippen molar-refractivity contribution >= 4 is 5.96 Å². The molecule has 0 bridgehead atoms. The number of aliphatic imine (C=N–C) groups is 1. The van der Waals surface area contributed by atoms with Crippen molar-refractivity contribution < 1.29 is 22.4 Å². The van der Waals surface area contributed by atoms with Gasteiger partial charge in [-0.15, -0.1) is 0 Å². The minimum atomic E-state index is -4.35. The van der Waals surface area contributed by atoms with E-state index in [1.807, 2.05) is 19.9 Å². The van der Waals surface area contributed by atoms with Crippen LogP contribution in [0.1, 0.15) is 36.8 Å². The maximum absolute atomic E-state index is 12.5. The molecule has 1 aromatic carbocycles. The van der Waals surface area contributed by atoms with E-state index >= 15 is 0 Å². The molecule has 27 heavy (non-hydrogen) atoms. The number of guanidine groups is 1. The second-order valence-corrected chi connectivity index (χ2v) is 6.10. The fourth-order valence-electron chi connectivity index (χ4n) is 2.15. The molecule has 0 radical (unpaired) electrons. The minimum Gasteiger partial charge on any atom is -0.492 e. The lowest BCUT2D eigenvalue weighted by atomic mass is 10.1. The third-order valence-corrected chi connectivity index (χ3v) is 3.67. The van der Waals surface area contributed by atoms with Gasteiger partial charge in [0.1, 0.15) is 12.4 Å². The van der Waals surface area contributed by atoms with Crippen LogP contribution in [-0.4, -0.2) is 31.3 Å². The maximum Gasteiger partial charge on any atom is 0.416 e. The number of benzene rings is 1. The topological polar surface area (TPSA) is 71.7 Å². The second-order valence-electron chi connectivity index (χ2n) is 6.10. The molecule has 1 aromatic heterocycles. The summed E-state index contributed by atoms with van der Waals surface area (Å²) in [4.78, 5) is 4.08. The molecular weight excluding hydrogens is 361 g/mol. The molecule has 1 heterocycles. The number of alkyl halides is 3. The van der Waals surface area contributed by atoms with Gasteiger partial charge >= 0.3 is 6.18 Å². The summed E-state index contributed by atoms with van der Waals surface area (Å²) in [6, 6.07) is 6.47. The summed E-state index contributed by atoms with van der Waals surface area (Å²) in [5.74, 6) is 1.91. The van der Waals surface area contributed by atoms with Crippen LogP contribution in [0.3, 0.4) is 0 Å². The molecule has 0 aliphatic carbocycles. The van der Waals surface area contributed by atoms with Gasteiger partial charge in [0.2, 0.25) is 0 Å². The molecule has 0 saturated carbocycles. The molecule has 2 N–H and O–H groups in total. The number of nitrogens with one attached hydrogen (secondary N) is 2. The predicted molar refractivity (Wildman–Crippen MR) is 95.7 cm³/mol. The minimum absolute atomic E-state index is 0.270. The number of nitrogens with zero attached hydrogens (tertiary/aromatic N) is 2. The monoisotopic (exact) mass is 384 g/mol. The van der Waals surface area contributed by atoms with Crippen molar-refractivity contribution in [3.8, 4) is 5.75 Å². The Morgan fingerprint density at radius 3 is 2.48 bits per heavy atom. The zero-order chi connectivity index (χ0) is 19.9. The maximum atomic E-state index is 12.5. The number of halogens is 3. The van der Waals surface area contributed by atoms with Crippen LogP contribution in [-0.2, 0) is 12.7 Å². The van der Waals surface area contributed by atoms with Crippen molar-refractivity contribution in [3.05, 3.63) is 47.3 Å². The van der Waals surface area contributed by atoms with E-state index in [1.54, 1.807) is 7.05 Å². The lowest BCUT2D eigenvalue weighted by Gasteiger charge is -2.12. The normalized spacial score (nSPS) is 12.3. The van der Waals surface area contributed by atoms with Crippen LogP contribution in [0.4, 0.5) is 13.2 Å². The molecule has 2 rings (SSSR count). The first kappa shape index (κ1) is 20.6. The van der Waals surface area contributed by atoms with E-state index < -0.39 is 11.7 Å². The molecule has 0 atom stereocenters. The summed E-state index contributed by atoms with van der Waals surface area (Å²) < 4.78 is 48.2. The summed E-state index contributed by atoms with van der Waals surface area (Å²) in [5, 5.41) is 10.1. The summed E-state index contributed by atoms with van der Waals surface area (Å²) in [6.45, 7) is 5.19. The van der Waals surface area contributed by atoms with Crippen molar-refractivity contribution in [2.75, 3.05) is 20.2 Å². The van der Waals surface area contributed by atoms with Crippen molar-refractivity contribution in [2.45, 2.75) is 32.5 Å². The molecule has 0 unspecified atom stereocenters. The van der Waals surface area contributed by atoms with Gasteiger partial charge in [0.15, 0.2) is 11.7 Å². The van der Waals surface area contributed by atoms with Crippen LogP contribution in [0, 0.1) is 0 Å². The van der Waals surface area contributed by atoms with Crippen LogP contribution in [0.15, 0.2) is 39.8 Å². The quantitative estimate of drug-likeness (QED) is 0.434. The van der Waals surface area contributed by atoms with Crippen LogP contribution in [0.25, 0.3) is 0 Å². The molecule has 0 fully saturated rings. The summed E-state index contributed by atoms with van der Waals surface area (Å²) in [5.41, 5.74) is 0.185. The highest BCUT2D eigenvalue weighted by Crippen LogP contribution is 2.30. The Labute approximate surface area is 155 Å². The first-order valence-electron chi connectivity index (χ1n) is 8.49. The number of ether oxygens (including phenoxy) is 1. The largest absolute Gasteiger partial charge is 0.492 e. The molecule has 6 nitrogen and oxygen atoms in total. The van der Waals surface area contributed by atoms with Crippen molar-refractivity contribution in [1.82, 2.24) is 15.8 Å². The number of hydrogen-bond acceptors (Lipinski definition) is 4. The molecular formula is C18H23F3N4O2. The van der Waals surface area contributed by atoms with Gasteiger partial charge in [-0.3, -0.25) is 4.99 Å². The zero-order valence-corrected chi connectivity index (χ0v) is 15.4. The highest BCUT2D eigenvalue weighted by atomic mass is 19.4. The van der Waals surface area contributed by atoms with Gasteiger partial charge in [0.05, 0.1) is 24.3 Å². The smallest absolute Gasteiger partial charge is 0.416 e. The lowest BCUT2D eigenvalue weighted by molar-refractivity contribution is -0.137. The highest BCUT2D eigenvalue weighted by molar-refractivity contribution is 5.79. The van der Waals surface area contributed by atoms with Crippen LogP contribution >= 0.6 is 0 Å². The summed E-state index contributed by atoms with van der Waals surface area (Å²) >= 11 is 0. The fraction of sp³-hybridized carbons (Fsp3) is 0.444. The Hall–Kier alpha value is -2.71. The van der Waals surface area contributed by atoms with Gasteiger partial charge < -0.3 is 19.9 Å². The third-order valence-electron chi connectivity index (χ3n) is 3.67. The van der Waals surface area contributed by atoms with E-state index in [0.717, 1.165) is 17.8 Å². The Bertz CT molecular complexity index is 740. The van der Waals surface area contributed by atoms with E-state index in [9.17, 15) is 13.2 Å². The Morgan fingerprint density at radius 2 is 1.93 bits per heavy atom. The van der Waals surface area contributed by atoms with Crippen LogP contribution < -0.4 is 15.4 Å².